The Balaban J connectivity index is 2.42. The van der Waals surface area contributed by atoms with Crippen molar-refractivity contribution < 1.29 is 0 Å². The molecule has 0 fully saturated rings. The van der Waals surface area contributed by atoms with Crippen LogP contribution in [0.25, 0.3) is 0 Å². The van der Waals surface area contributed by atoms with E-state index in [4.69, 9.17) is 11.6 Å². The summed E-state index contributed by atoms with van der Waals surface area (Å²) in [6, 6.07) is 4.33. The van der Waals surface area contributed by atoms with E-state index < -0.39 is 0 Å². The Kier molecular flexibility index (Phi) is 5.76. The molecule has 1 unspecified atom stereocenters. The Labute approximate surface area is 144 Å². The van der Waals surface area contributed by atoms with Gasteiger partial charge in [0.2, 0.25) is 0 Å². The van der Waals surface area contributed by atoms with E-state index in [1.807, 2.05) is 6.07 Å². The van der Waals surface area contributed by atoms with Crippen molar-refractivity contribution in [2.45, 2.75) is 13.0 Å². The molecule has 0 aliphatic carbocycles. The Morgan fingerprint density at radius 3 is 2.39 bits per heavy atom. The Bertz CT molecular complexity index is 533. The van der Waals surface area contributed by atoms with Crippen molar-refractivity contribution in [3.8, 4) is 0 Å². The molecule has 2 rings (SSSR count). The second-order valence-corrected chi connectivity index (χ2v) is 10.1. The van der Waals surface area contributed by atoms with Gasteiger partial charge in [0.1, 0.15) is 0 Å². The van der Waals surface area contributed by atoms with Gasteiger partial charge in [-0.3, -0.25) is 0 Å². The zero-order valence-electron chi connectivity index (χ0n) is 9.27. The smallest absolute Gasteiger partial charge is 0.0888 e. The lowest BCUT2D eigenvalue weighted by atomic mass is 10.1. The average Bonchev–Trinajstić information content (AvgIpc) is 2.79. The first-order chi connectivity index (χ1) is 8.52. The molecule has 0 saturated heterocycles. The fourth-order valence-corrected chi connectivity index (χ4v) is 6.37. The molecule has 0 aliphatic rings. The van der Waals surface area contributed by atoms with Crippen LogP contribution in [0.2, 0.25) is 5.02 Å². The van der Waals surface area contributed by atoms with Crippen molar-refractivity contribution in [3.05, 3.63) is 39.0 Å². The third kappa shape index (κ3) is 3.40. The molecule has 1 N–H and O–H groups in total. The van der Waals surface area contributed by atoms with Gasteiger partial charge in [0.25, 0.3) is 0 Å². The molecule has 0 spiro atoms. The minimum absolute atomic E-state index is 0.167. The van der Waals surface area contributed by atoms with Gasteiger partial charge in [0.15, 0.2) is 0 Å². The number of hydrogen-bond acceptors (Lipinski definition) is 3. The van der Waals surface area contributed by atoms with E-state index in [0.717, 1.165) is 22.9 Å². The van der Waals surface area contributed by atoms with Crippen molar-refractivity contribution in [1.29, 1.82) is 0 Å². The van der Waals surface area contributed by atoms with Crippen LogP contribution in [0.3, 0.4) is 0 Å². The van der Waals surface area contributed by atoms with E-state index >= 15 is 0 Å². The highest BCUT2D eigenvalue weighted by atomic mass is 79.9. The Morgan fingerprint density at radius 2 is 1.94 bits per heavy atom. The molecule has 1 nitrogen and oxygen atoms in total. The van der Waals surface area contributed by atoms with Crippen molar-refractivity contribution in [2.24, 2.45) is 0 Å². The van der Waals surface area contributed by atoms with Crippen LogP contribution in [0.15, 0.2) is 23.5 Å². The summed E-state index contributed by atoms with van der Waals surface area (Å²) in [5.41, 5.74) is 1.24. The van der Waals surface area contributed by atoms with Crippen molar-refractivity contribution in [1.82, 2.24) is 5.32 Å². The molecule has 0 bridgehead atoms. The molecule has 2 aromatic heterocycles. The van der Waals surface area contributed by atoms with E-state index in [9.17, 15) is 0 Å². The minimum atomic E-state index is 0.167. The molecule has 98 valence electrons. The summed E-state index contributed by atoms with van der Waals surface area (Å²) in [5, 5.41) is 4.26. The Morgan fingerprint density at radius 1 is 1.22 bits per heavy atom. The van der Waals surface area contributed by atoms with E-state index in [2.05, 4.69) is 66.1 Å². The van der Waals surface area contributed by atoms with Gasteiger partial charge < -0.3 is 5.32 Å². The second-order valence-electron chi connectivity index (χ2n) is 3.54. The van der Waals surface area contributed by atoms with Crippen LogP contribution in [0, 0.1) is 0 Å². The van der Waals surface area contributed by atoms with Crippen LogP contribution in [-0.4, -0.2) is 6.54 Å². The van der Waals surface area contributed by atoms with Gasteiger partial charge in [-0.2, -0.15) is 0 Å². The van der Waals surface area contributed by atoms with Crippen LogP contribution in [0.1, 0.15) is 23.4 Å². The van der Waals surface area contributed by atoms with Gasteiger partial charge in [-0.05, 0) is 66.5 Å². The van der Waals surface area contributed by atoms with Gasteiger partial charge in [-0.25, -0.2) is 0 Å². The summed E-state index contributed by atoms with van der Waals surface area (Å²) in [7, 11) is 0. The van der Waals surface area contributed by atoms with Gasteiger partial charge in [0, 0.05) is 10.4 Å². The van der Waals surface area contributed by atoms with Gasteiger partial charge in [-0.1, -0.05) is 18.5 Å². The molecular formula is C11H9Br3ClNS2. The van der Waals surface area contributed by atoms with Crippen molar-refractivity contribution in [3.63, 3.8) is 0 Å². The predicted octanol–water partition coefficient (Wildman–Crippen LogP) is 6.45. The SMILES string of the molecule is CCNC(c1cc(Cl)c(Br)s1)c1cc(Br)sc1Br. The molecule has 1 atom stereocenters. The van der Waals surface area contributed by atoms with Gasteiger partial charge in [-0.15, -0.1) is 22.7 Å². The zero-order chi connectivity index (χ0) is 13.3. The normalized spacial score (nSPS) is 12.9. The molecule has 18 heavy (non-hydrogen) atoms. The molecule has 0 aromatic carbocycles. The topological polar surface area (TPSA) is 12.0 Å². The average molecular weight is 494 g/mol. The number of nitrogens with one attached hydrogen (secondary N) is 1. The first-order valence-electron chi connectivity index (χ1n) is 5.15. The van der Waals surface area contributed by atoms with Crippen molar-refractivity contribution >= 4 is 82.1 Å². The first-order valence-corrected chi connectivity index (χ1v) is 9.54. The van der Waals surface area contributed by atoms with Crippen LogP contribution >= 0.6 is 82.1 Å². The standard InChI is InChI=1S/C11H9Br3ClNS2/c1-2-16-9(5-3-8(12)18-10(5)13)7-4-6(15)11(14)17-7/h3-4,9,16H,2H2,1H3. The summed E-state index contributed by atoms with van der Waals surface area (Å²) >= 11 is 20.1. The molecule has 0 saturated carbocycles. The highest BCUT2D eigenvalue weighted by Gasteiger charge is 2.21. The molecule has 0 aliphatic heterocycles. The molecular weight excluding hydrogens is 485 g/mol. The fraction of sp³-hybridized carbons (Fsp3) is 0.273. The molecule has 2 heterocycles. The number of halogens is 4. The van der Waals surface area contributed by atoms with Crippen molar-refractivity contribution in [2.75, 3.05) is 6.54 Å². The minimum Gasteiger partial charge on any atom is -0.306 e. The maximum absolute atomic E-state index is 6.12. The highest BCUT2D eigenvalue weighted by molar-refractivity contribution is 9.12. The van der Waals surface area contributed by atoms with E-state index in [1.165, 1.54) is 10.4 Å². The quantitative estimate of drug-likeness (QED) is 0.515. The van der Waals surface area contributed by atoms with E-state index in [1.54, 1.807) is 22.7 Å². The molecule has 0 amide bonds. The maximum Gasteiger partial charge on any atom is 0.0888 e. The van der Waals surface area contributed by atoms with Crippen LogP contribution in [0.5, 0.6) is 0 Å². The van der Waals surface area contributed by atoms with Gasteiger partial charge >= 0.3 is 0 Å². The highest BCUT2D eigenvalue weighted by Crippen LogP contribution is 2.42. The Hall–Kier alpha value is 1.09. The number of hydrogen-bond donors (Lipinski definition) is 1. The lowest BCUT2D eigenvalue weighted by Gasteiger charge is -2.15. The summed E-state index contributed by atoms with van der Waals surface area (Å²) < 4.78 is 3.24. The summed E-state index contributed by atoms with van der Waals surface area (Å²) in [4.78, 5) is 1.21. The maximum atomic E-state index is 6.12. The lowest BCUT2D eigenvalue weighted by Crippen LogP contribution is -2.20. The largest absolute Gasteiger partial charge is 0.306 e. The van der Waals surface area contributed by atoms with Gasteiger partial charge in [0.05, 0.1) is 22.4 Å². The van der Waals surface area contributed by atoms with Crippen LogP contribution < -0.4 is 5.32 Å². The first kappa shape index (κ1) is 15.5. The molecule has 2 aromatic rings. The molecule has 7 heteroatoms. The van der Waals surface area contributed by atoms with E-state index in [0.29, 0.717) is 0 Å². The van der Waals surface area contributed by atoms with Crippen LogP contribution in [0.4, 0.5) is 0 Å². The van der Waals surface area contributed by atoms with E-state index in [-0.39, 0.29) is 6.04 Å². The fourth-order valence-electron chi connectivity index (χ4n) is 1.62. The third-order valence-electron chi connectivity index (χ3n) is 2.35. The monoisotopic (exact) mass is 491 g/mol. The second kappa shape index (κ2) is 6.70. The summed E-state index contributed by atoms with van der Waals surface area (Å²) in [6.07, 6.45) is 0. The number of thiophene rings is 2. The zero-order valence-corrected chi connectivity index (χ0v) is 16.4. The predicted molar refractivity (Wildman–Crippen MR) is 92.3 cm³/mol. The lowest BCUT2D eigenvalue weighted by molar-refractivity contribution is 0.639. The number of rotatable bonds is 4. The molecule has 0 radical (unpaired) electrons. The summed E-state index contributed by atoms with van der Waals surface area (Å²) in [6.45, 7) is 3.00. The third-order valence-corrected chi connectivity index (χ3v) is 7.28. The van der Waals surface area contributed by atoms with Crippen LogP contribution in [-0.2, 0) is 0 Å². The summed E-state index contributed by atoms with van der Waals surface area (Å²) in [5.74, 6) is 0.